The number of aryl methyl sites for hydroxylation is 2. The maximum atomic E-state index is 5.98. The van der Waals surface area contributed by atoms with Crippen molar-refractivity contribution in [1.29, 1.82) is 0 Å². The normalized spacial score (nSPS) is 15.6. The maximum Gasteiger partial charge on any atom is 0.222 e. The molecule has 0 atom stereocenters. The molecule has 0 aliphatic carbocycles. The van der Waals surface area contributed by atoms with Gasteiger partial charge >= 0.3 is 0 Å². The van der Waals surface area contributed by atoms with Crippen molar-refractivity contribution in [3.63, 3.8) is 0 Å². The van der Waals surface area contributed by atoms with Gasteiger partial charge in [-0.1, -0.05) is 0 Å². The van der Waals surface area contributed by atoms with E-state index < -0.39 is 0 Å². The largest absolute Gasteiger partial charge is 0.496 e. The first kappa shape index (κ1) is 16.5. The summed E-state index contributed by atoms with van der Waals surface area (Å²) in [6.45, 7) is 8.04. The molecule has 1 fully saturated rings. The Morgan fingerprint density at radius 1 is 1.00 bits per heavy atom. The summed E-state index contributed by atoms with van der Waals surface area (Å²) in [4.78, 5) is 13.5. The van der Waals surface area contributed by atoms with Crippen molar-refractivity contribution in [2.45, 2.75) is 13.8 Å². The molecule has 6 heteroatoms. The molecule has 6 nitrogen and oxygen atoms in total. The standard InChI is InChI=1S/C18H25N5O/c1-12-9-14(10-13(2)17(12)24-4)15-11-16(21-18(19)20-15)23-7-5-22(3)6-8-23/h9-11H,5-8H2,1-4H3,(H2,19,20,21). The van der Waals surface area contributed by atoms with Crippen LogP contribution >= 0.6 is 0 Å². The lowest BCUT2D eigenvalue weighted by molar-refractivity contribution is 0.312. The zero-order chi connectivity index (χ0) is 17.3. The minimum atomic E-state index is 0.313. The van der Waals surface area contributed by atoms with E-state index in [0.717, 1.165) is 60.1 Å². The number of nitrogen functional groups attached to an aromatic ring is 1. The molecule has 0 radical (unpaired) electrons. The van der Waals surface area contributed by atoms with E-state index in [9.17, 15) is 0 Å². The zero-order valence-electron chi connectivity index (χ0n) is 14.8. The van der Waals surface area contributed by atoms with Gasteiger partial charge in [0.05, 0.1) is 12.8 Å². The summed E-state index contributed by atoms with van der Waals surface area (Å²) < 4.78 is 5.45. The topological polar surface area (TPSA) is 67.5 Å². The van der Waals surface area contributed by atoms with Crippen molar-refractivity contribution in [3.05, 3.63) is 29.3 Å². The van der Waals surface area contributed by atoms with Gasteiger partial charge in [-0.3, -0.25) is 0 Å². The highest BCUT2D eigenvalue weighted by molar-refractivity contribution is 5.68. The number of ether oxygens (including phenoxy) is 1. The number of aromatic nitrogens is 2. The van der Waals surface area contributed by atoms with Crippen LogP contribution in [0.15, 0.2) is 18.2 Å². The fraction of sp³-hybridized carbons (Fsp3) is 0.444. The van der Waals surface area contributed by atoms with E-state index >= 15 is 0 Å². The minimum Gasteiger partial charge on any atom is -0.496 e. The molecule has 0 saturated carbocycles. The first-order chi connectivity index (χ1) is 11.5. The second-order valence-electron chi connectivity index (χ2n) is 6.40. The van der Waals surface area contributed by atoms with Crippen molar-refractivity contribution in [1.82, 2.24) is 14.9 Å². The smallest absolute Gasteiger partial charge is 0.222 e. The van der Waals surface area contributed by atoms with Gasteiger partial charge < -0.3 is 20.3 Å². The van der Waals surface area contributed by atoms with Gasteiger partial charge in [0.2, 0.25) is 5.95 Å². The molecule has 0 bridgehead atoms. The van der Waals surface area contributed by atoms with Crippen LogP contribution in [0.3, 0.4) is 0 Å². The van der Waals surface area contributed by atoms with Gasteiger partial charge in [-0.25, -0.2) is 4.98 Å². The Labute approximate surface area is 143 Å². The number of likely N-dealkylation sites (N-methyl/N-ethyl adjacent to an activating group) is 1. The summed E-state index contributed by atoms with van der Waals surface area (Å²) in [6, 6.07) is 6.20. The molecule has 0 unspecified atom stereocenters. The van der Waals surface area contributed by atoms with Crippen LogP contribution in [0.1, 0.15) is 11.1 Å². The van der Waals surface area contributed by atoms with E-state index in [1.54, 1.807) is 7.11 Å². The molecule has 2 N–H and O–H groups in total. The van der Waals surface area contributed by atoms with Crippen LogP contribution in [0.25, 0.3) is 11.3 Å². The van der Waals surface area contributed by atoms with Crippen molar-refractivity contribution in [2.75, 3.05) is 51.0 Å². The van der Waals surface area contributed by atoms with Crippen molar-refractivity contribution < 1.29 is 4.74 Å². The Hall–Kier alpha value is -2.34. The molecule has 1 aromatic carbocycles. The molecule has 2 heterocycles. The highest BCUT2D eigenvalue weighted by atomic mass is 16.5. The summed E-state index contributed by atoms with van der Waals surface area (Å²) >= 11 is 0. The third kappa shape index (κ3) is 3.28. The number of nitrogens with zero attached hydrogens (tertiary/aromatic N) is 4. The summed E-state index contributed by atoms with van der Waals surface area (Å²) in [5.41, 5.74) is 10.0. The molecule has 3 rings (SSSR count). The molecule has 1 aliphatic heterocycles. The second kappa shape index (κ2) is 6.65. The van der Waals surface area contributed by atoms with Crippen LogP contribution in [-0.2, 0) is 0 Å². The average Bonchev–Trinajstić information content (AvgIpc) is 2.54. The third-order valence-corrected chi connectivity index (χ3v) is 4.52. The van der Waals surface area contributed by atoms with E-state index in [2.05, 4.69) is 38.9 Å². The van der Waals surface area contributed by atoms with E-state index in [1.165, 1.54) is 0 Å². The number of hydrogen-bond donors (Lipinski definition) is 1. The average molecular weight is 327 g/mol. The van der Waals surface area contributed by atoms with Crippen molar-refractivity contribution >= 4 is 11.8 Å². The molecule has 2 aromatic rings. The van der Waals surface area contributed by atoms with Crippen LogP contribution < -0.4 is 15.4 Å². The lowest BCUT2D eigenvalue weighted by Gasteiger charge is -2.33. The fourth-order valence-corrected chi connectivity index (χ4v) is 3.22. The summed E-state index contributed by atoms with van der Waals surface area (Å²) in [7, 11) is 3.84. The van der Waals surface area contributed by atoms with Crippen molar-refractivity contribution in [3.8, 4) is 17.0 Å². The molecular formula is C18H25N5O. The SMILES string of the molecule is COc1c(C)cc(-c2cc(N3CCN(C)CC3)nc(N)n2)cc1C. The zero-order valence-corrected chi connectivity index (χ0v) is 14.8. The Balaban J connectivity index is 1.97. The molecule has 0 amide bonds. The van der Waals surface area contributed by atoms with Crippen LogP contribution in [0.5, 0.6) is 5.75 Å². The van der Waals surface area contributed by atoms with Crippen LogP contribution in [0, 0.1) is 13.8 Å². The molecule has 128 valence electrons. The molecule has 1 saturated heterocycles. The Morgan fingerprint density at radius 2 is 1.62 bits per heavy atom. The monoisotopic (exact) mass is 327 g/mol. The Bertz CT molecular complexity index is 715. The molecule has 1 aromatic heterocycles. The molecular weight excluding hydrogens is 302 g/mol. The van der Waals surface area contributed by atoms with Gasteiger partial charge in [0.1, 0.15) is 11.6 Å². The van der Waals surface area contributed by atoms with Gasteiger partial charge in [-0.05, 0) is 44.2 Å². The third-order valence-electron chi connectivity index (χ3n) is 4.52. The molecule has 1 aliphatic rings. The van der Waals surface area contributed by atoms with E-state index in [0.29, 0.717) is 5.95 Å². The highest BCUT2D eigenvalue weighted by Crippen LogP contribution is 2.30. The highest BCUT2D eigenvalue weighted by Gasteiger charge is 2.17. The van der Waals surface area contributed by atoms with Gasteiger partial charge in [-0.15, -0.1) is 0 Å². The van der Waals surface area contributed by atoms with Crippen molar-refractivity contribution in [2.24, 2.45) is 0 Å². The van der Waals surface area contributed by atoms with E-state index in [-0.39, 0.29) is 0 Å². The molecule has 0 spiro atoms. The van der Waals surface area contributed by atoms with E-state index in [4.69, 9.17) is 10.5 Å². The molecule has 24 heavy (non-hydrogen) atoms. The summed E-state index contributed by atoms with van der Waals surface area (Å²) in [5, 5.41) is 0. The lowest BCUT2D eigenvalue weighted by atomic mass is 10.0. The van der Waals surface area contributed by atoms with Gasteiger partial charge in [-0.2, -0.15) is 4.98 Å². The quantitative estimate of drug-likeness (QED) is 0.931. The number of benzene rings is 1. The predicted octanol–water partition coefficient (Wildman–Crippen LogP) is 2.10. The number of anilines is 2. The minimum absolute atomic E-state index is 0.313. The van der Waals surface area contributed by atoms with E-state index in [1.807, 2.05) is 19.9 Å². The number of hydrogen-bond acceptors (Lipinski definition) is 6. The Kier molecular flexibility index (Phi) is 4.57. The number of nitrogens with two attached hydrogens (primary N) is 1. The predicted molar refractivity (Wildman–Crippen MR) is 97.6 cm³/mol. The van der Waals surface area contributed by atoms with Gasteiger partial charge in [0.25, 0.3) is 0 Å². The number of rotatable bonds is 3. The Morgan fingerprint density at radius 3 is 2.21 bits per heavy atom. The van der Waals surface area contributed by atoms with Gasteiger partial charge in [0.15, 0.2) is 0 Å². The first-order valence-corrected chi connectivity index (χ1v) is 8.21. The second-order valence-corrected chi connectivity index (χ2v) is 6.40. The first-order valence-electron chi connectivity index (χ1n) is 8.21. The van der Waals surface area contributed by atoms with Gasteiger partial charge in [0, 0.05) is 37.8 Å². The lowest BCUT2D eigenvalue weighted by Crippen LogP contribution is -2.44. The summed E-state index contributed by atoms with van der Waals surface area (Å²) in [6.07, 6.45) is 0. The number of piperazine rings is 1. The van der Waals surface area contributed by atoms with Crippen LogP contribution in [0.2, 0.25) is 0 Å². The maximum absolute atomic E-state index is 5.98. The fourth-order valence-electron chi connectivity index (χ4n) is 3.22. The summed E-state index contributed by atoms with van der Waals surface area (Å²) in [5.74, 6) is 2.13. The van der Waals surface area contributed by atoms with Crippen LogP contribution in [0.4, 0.5) is 11.8 Å². The van der Waals surface area contributed by atoms with Crippen LogP contribution in [-0.4, -0.2) is 55.2 Å². The number of methoxy groups -OCH3 is 1.